The van der Waals surface area contributed by atoms with Crippen molar-refractivity contribution in [3.8, 4) is 0 Å². The molecular formula is C13H19N7O. The molecule has 0 bridgehead atoms. The molecule has 0 radical (unpaired) electrons. The lowest BCUT2D eigenvalue weighted by Gasteiger charge is -2.16. The van der Waals surface area contributed by atoms with Gasteiger partial charge in [0, 0.05) is 18.2 Å². The number of hydrogen-bond acceptors (Lipinski definition) is 7. The molecule has 1 aliphatic heterocycles. The lowest BCUT2D eigenvalue weighted by atomic mass is 10.1. The van der Waals surface area contributed by atoms with Gasteiger partial charge in [-0.05, 0) is 26.0 Å². The largest absolute Gasteiger partial charge is 0.376 e. The highest BCUT2D eigenvalue weighted by Crippen LogP contribution is 2.15. The van der Waals surface area contributed by atoms with E-state index in [1.165, 1.54) is 0 Å². The Hall–Kier alpha value is -2.09. The molecule has 21 heavy (non-hydrogen) atoms. The molecule has 112 valence electrons. The predicted octanol–water partition coefficient (Wildman–Crippen LogP) is 0.903. The summed E-state index contributed by atoms with van der Waals surface area (Å²) >= 11 is 0. The molecule has 8 heteroatoms. The molecule has 0 spiro atoms. The van der Waals surface area contributed by atoms with Gasteiger partial charge in [0.1, 0.15) is 0 Å². The molecule has 0 saturated carbocycles. The van der Waals surface area contributed by atoms with Gasteiger partial charge >= 0.3 is 0 Å². The van der Waals surface area contributed by atoms with Crippen LogP contribution in [0.5, 0.6) is 0 Å². The third-order valence-electron chi connectivity index (χ3n) is 3.15. The highest BCUT2D eigenvalue weighted by molar-refractivity contribution is 5.30. The summed E-state index contributed by atoms with van der Waals surface area (Å²) < 4.78 is 5.37. The number of ether oxygens (including phenoxy) is 1. The second-order valence-corrected chi connectivity index (χ2v) is 5.99. The summed E-state index contributed by atoms with van der Waals surface area (Å²) in [6.45, 7) is 7.84. The summed E-state index contributed by atoms with van der Waals surface area (Å²) in [5, 5.41) is 15.6. The van der Waals surface area contributed by atoms with Crippen LogP contribution in [0.4, 0.5) is 5.95 Å². The Morgan fingerprint density at radius 1 is 1.38 bits per heavy atom. The standard InChI is InChI=1S/C13H19N7O/c1-13(2,3)20-18-11(17-19-20)7-15-12-14-6-9-8-21-5-4-10(9)16-12/h6H,4-5,7-8H2,1-3H3,(H,14,15,16). The minimum atomic E-state index is -0.173. The van der Waals surface area contributed by atoms with E-state index < -0.39 is 0 Å². The van der Waals surface area contributed by atoms with Crippen LogP contribution in [0.15, 0.2) is 6.20 Å². The van der Waals surface area contributed by atoms with Crippen LogP contribution in [-0.4, -0.2) is 36.8 Å². The maximum Gasteiger partial charge on any atom is 0.223 e. The fraction of sp³-hybridized carbons (Fsp3) is 0.615. The van der Waals surface area contributed by atoms with Gasteiger partial charge in [-0.15, -0.1) is 10.2 Å². The van der Waals surface area contributed by atoms with E-state index in [0.717, 1.165) is 17.7 Å². The summed E-state index contributed by atoms with van der Waals surface area (Å²) in [6, 6.07) is 0. The third kappa shape index (κ3) is 3.15. The van der Waals surface area contributed by atoms with Gasteiger partial charge in [-0.25, -0.2) is 9.97 Å². The Kier molecular flexibility index (Phi) is 3.54. The normalized spacial score (nSPS) is 14.8. The van der Waals surface area contributed by atoms with Gasteiger partial charge in [0.15, 0.2) is 5.82 Å². The second-order valence-electron chi connectivity index (χ2n) is 5.99. The van der Waals surface area contributed by atoms with Crippen LogP contribution in [0.25, 0.3) is 0 Å². The highest BCUT2D eigenvalue weighted by Gasteiger charge is 2.17. The number of hydrogen-bond donors (Lipinski definition) is 1. The lowest BCUT2D eigenvalue weighted by Crippen LogP contribution is -2.24. The third-order valence-corrected chi connectivity index (χ3v) is 3.15. The van der Waals surface area contributed by atoms with Crippen molar-refractivity contribution in [3.05, 3.63) is 23.3 Å². The molecule has 8 nitrogen and oxygen atoms in total. The van der Waals surface area contributed by atoms with Gasteiger partial charge in [-0.1, -0.05) is 0 Å². The summed E-state index contributed by atoms with van der Waals surface area (Å²) in [7, 11) is 0. The minimum absolute atomic E-state index is 0.173. The van der Waals surface area contributed by atoms with Crippen LogP contribution in [0, 0.1) is 0 Å². The smallest absolute Gasteiger partial charge is 0.223 e. The van der Waals surface area contributed by atoms with E-state index in [0.29, 0.717) is 31.5 Å². The molecule has 0 saturated heterocycles. The molecule has 0 amide bonds. The zero-order valence-electron chi connectivity index (χ0n) is 12.5. The maximum atomic E-state index is 5.37. The van der Waals surface area contributed by atoms with Crippen LogP contribution < -0.4 is 5.32 Å². The van der Waals surface area contributed by atoms with Crippen LogP contribution >= 0.6 is 0 Å². The topological polar surface area (TPSA) is 90.6 Å². The van der Waals surface area contributed by atoms with Crippen LogP contribution in [0.2, 0.25) is 0 Å². The Labute approximate surface area is 122 Å². The zero-order valence-corrected chi connectivity index (χ0v) is 12.5. The summed E-state index contributed by atoms with van der Waals surface area (Å²) in [4.78, 5) is 10.4. The van der Waals surface area contributed by atoms with Crippen molar-refractivity contribution in [1.29, 1.82) is 0 Å². The molecule has 0 aromatic carbocycles. The van der Waals surface area contributed by atoms with Crippen molar-refractivity contribution in [2.75, 3.05) is 11.9 Å². The van der Waals surface area contributed by atoms with E-state index in [4.69, 9.17) is 4.74 Å². The molecule has 3 heterocycles. The van der Waals surface area contributed by atoms with Crippen LogP contribution in [0.3, 0.4) is 0 Å². The first-order chi connectivity index (χ1) is 10.0. The van der Waals surface area contributed by atoms with Crippen molar-refractivity contribution in [2.24, 2.45) is 0 Å². The number of fused-ring (bicyclic) bond motifs is 1. The Balaban J connectivity index is 1.66. The number of anilines is 1. The SMILES string of the molecule is CC(C)(C)n1nnc(CNc2ncc3c(n2)CCOC3)n1. The molecule has 0 fully saturated rings. The van der Waals surface area contributed by atoms with Crippen molar-refractivity contribution in [2.45, 2.75) is 45.9 Å². The van der Waals surface area contributed by atoms with Crippen molar-refractivity contribution >= 4 is 5.95 Å². The highest BCUT2D eigenvalue weighted by atomic mass is 16.5. The number of nitrogens with one attached hydrogen (secondary N) is 1. The zero-order chi connectivity index (χ0) is 14.9. The first-order valence-electron chi connectivity index (χ1n) is 6.98. The monoisotopic (exact) mass is 289 g/mol. The fourth-order valence-electron chi connectivity index (χ4n) is 1.97. The fourth-order valence-corrected chi connectivity index (χ4v) is 1.97. The van der Waals surface area contributed by atoms with E-state index in [2.05, 4.69) is 30.7 Å². The average molecular weight is 289 g/mol. The molecular weight excluding hydrogens is 270 g/mol. The van der Waals surface area contributed by atoms with Gasteiger partial charge in [0.25, 0.3) is 0 Å². The average Bonchev–Trinajstić information content (AvgIpc) is 2.94. The van der Waals surface area contributed by atoms with E-state index in [1.807, 2.05) is 27.0 Å². The second kappa shape index (κ2) is 5.36. The molecule has 0 aliphatic carbocycles. The van der Waals surface area contributed by atoms with Crippen molar-refractivity contribution in [3.63, 3.8) is 0 Å². The van der Waals surface area contributed by atoms with E-state index in [9.17, 15) is 0 Å². The van der Waals surface area contributed by atoms with Gasteiger partial charge in [0.05, 0.1) is 31.0 Å². The van der Waals surface area contributed by atoms with E-state index in [1.54, 1.807) is 4.80 Å². The van der Waals surface area contributed by atoms with Gasteiger partial charge in [-0.3, -0.25) is 0 Å². The summed E-state index contributed by atoms with van der Waals surface area (Å²) in [6.07, 6.45) is 2.63. The molecule has 0 atom stereocenters. The molecule has 2 aromatic heterocycles. The van der Waals surface area contributed by atoms with Crippen molar-refractivity contribution in [1.82, 2.24) is 30.2 Å². The molecule has 1 N–H and O–H groups in total. The Morgan fingerprint density at radius 3 is 3.00 bits per heavy atom. The maximum absolute atomic E-state index is 5.37. The number of tetrazole rings is 1. The Bertz CT molecular complexity index is 632. The summed E-state index contributed by atoms with van der Waals surface area (Å²) in [5.74, 6) is 1.21. The first kappa shape index (κ1) is 13.9. The summed E-state index contributed by atoms with van der Waals surface area (Å²) in [5.41, 5.74) is 1.93. The number of nitrogens with zero attached hydrogens (tertiary/aromatic N) is 6. The quantitative estimate of drug-likeness (QED) is 0.897. The molecule has 2 aromatic rings. The van der Waals surface area contributed by atoms with Crippen LogP contribution in [-0.2, 0) is 29.8 Å². The van der Waals surface area contributed by atoms with Gasteiger partial charge in [0.2, 0.25) is 5.95 Å². The van der Waals surface area contributed by atoms with Gasteiger partial charge in [-0.2, -0.15) is 4.80 Å². The van der Waals surface area contributed by atoms with Gasteiger partial charge < -0.3 is 10.1 Å². The molecule has 3 rings (SSSR count). The first-order valence-corrected chi connectivity index (χ1v) is 6.98. The lowest BCUT2D eigenvalue weighted by molar-refractivity contribution is 0.109. The predicted molar refractivity (Wildman–Crippen MR) is 75.5 cm³/mol. The minimum Gasteiger partial charge on any atom is -0.376 e. The van der Waals surface area contributed by atoms with Crippen LogP contribution in [0.1, 0.15) is 37.9 Å². The Morgan fingerprint density at radius 2 is 2.24 bits per heavy atom. The number of aromatic nitrogens is 6. The molecule has 1 aliphatic rings. The van der Waals surface area contributed by atoms with Crippen molar-refractivity contribution < 1.29 is 4.74 Å². The van der Waals surface area contributed by atoms with E-state index in [-0.39, 0.29) is 5.54 Å². The van der Waals surface area contributed by atoms with E-state index >= 15 is 0 Å². The molecule has 0 unspecified atom stereocenters. The number of rotatable bonds is 3.